The molecule has 0 atom stereocenters. The fraction of sp³-hybridized carbons (Fsp3) is 0.500. The average Bonchev–Trinajstić information content (AvgIpc) is 2.26. The van der Waals surface area contributed by atoms with Gasteiger partial charge in [0, 0.05) is 13.1 Å². The summed E-state index contributed by atoms with van der Waals surface area (Å²) in [6.07, 6.45) is 0.421. The maximum atomic E-state index is 11.9. The lowest BCUT2D eigenvalue weighted by Crippen LogP contribution is -2.39. The van der Waals surface area contributed by atoms with E-state index in [0.29, 0.717) is 19.5 Å². The molecule has 1 aromatic carbocycles. The highest BCUT2D eigenvalue weighted by atomic mass is 16.6. The molecule has 18 heavy (non-hydrogen) atoms. The number of hydrogen-bond donors (Lipinski definition) is 0. The van der Waals surface area contributed by atoms with Crippen LogP contribution in [0.25, 0.3) is 0 Å². The van der Waals surface area contributed by atoms with Crippen molar-refractivity contribution in [2.45, 2.75) is 39.3 Å². The predicted octanol–water partition coefficient (Wildman–Crippen LogP) is 3.12. The summed E-state index contributed by atoms with van der Waals surface area (Å²) < 4.78 is 5.34. The van der Waals surface area contributed by atoms with Gasteiger partial charge in [0.2, 0.25) is 0 Å². The summed E-state index contributed by atoms with van der Waals surface area (Å²) in [5.41, 5.74) is 1.60. The van der Waals surface area contributed by atoms with Gasteiger partial charge in [-0.1, -0.05) is 6.07 Å². The van der Waals surface area contributed by atoms with E-state index in [1.165, 1.54) is 6.07 Å². The SMILES string of the molecule is CC(C)(C)OC(=O)N1CCc2cc([O])ccc2C1. The van der Waals surface area contributed by atoms with E-state index in [2.05, 4.69) is 0 Å². The average molecular weight is 248 g/mol. The van der Waals surface area contributed by atoms with E-state index in [4.69, 9.17) is 4.74 Å². The van der Waals surface area contributed by atoms with Crippen molar-refractivity contribution in [2.24, 2.45) is 0 Å². The van der Waals surface area contributed by atoms with Gasteiger partial charge in [-0.3, -0.25) is 5.11 Å². The second kappa shape index (κ2) is 4.52. The van der Waals surface area contributed by atoms with E-state index >= 15 is 0 Å². The Balaban J connectivity index is 2.08. The first-order valence-electron chi connectivity index (χ1n) is 6.12. The van der Waals surface area contributed by atoms with Crippen LogP contribution in [-0.2, 0) is 22.8 Å². The van der Waals surface area contributed by atoms with Crippen molar-refractivity contribution in [3.05, 3.63) is 29.3 Å². The Kier molecular flexibility index (Phi) is 3.20. The highest BCUT2D eigenvalue weighted by Gasteiger charge is 2.25. The summed E-state index contributed by atoms with van der Waals surface area (Å²) in [5, 5.41) is 11.2. The molecule has 4 nitrogen and oxygen atoms in total. The molecule has 0 saturated heterocycles. The first kappa shape index (κ1) is 12.7. The minimum absolute atomic E-state index is 0.0273. The predicted molar refractivity (Wildman–Crippen MR) is 66.9 cm³/mol. The van der Waals surface area contributed by atoms with Crippen LogP contribution in [0.15, 0.2) is 18.2 Å². The summed E-state index contributed by atoms with van der Waals surface area (Å²) >= 11 is 0. The monoisotopic (exact) mass is 248 g/mol. The van der Waals surface area contributed by atoms with E-state index in [-0.39, 0.29) is 11.8 Å². The minimum atomic E-state index is -0.476. The molecular formula is C14H18NO3. The second-order valence-electron chi connectivity index (χ2n) is 5.58. The normalized spacial score (nSPS) is 15.2. The van der Waals surface area contributed by atoms with E-state index < -0.39 is 5.60 Å². The molecule has 0 fully saturated rings. The number of ether oxygens (including phenoxy) is 1. The quantitative estimate of drug-likeness (QED) is 0.708. The van der Waals surface area contributed by atoms with Gasteiger partial charge in [0.25, 0.3) is 0 Å². The van der Waals surface area contributed by atoms with Gasteiger partial charge in [-0.05, 0) is 50.5 Å². The summed E-state index contributed by atoms with van der Waals surface area (Å²) in [7, 11) is 0. The molecule has 1 aliphatic heterocycles. The van der Waals surface area contributed by atoms with Gasteiger partial charge >= 0.3 is 6.09 Å². The van der Waals surface area contributed by atoms with Crippen LogP contribution >= 0.6 is 0 Å². The van der Waals surface area contributed by atoms with Crippen molar-refractivity contribution in [3.8, 4) is 5.75 Å². The first-order valence-corrected chi connectivity index (χ1v) is 6.12. The maximum Gasteiger partial charge on any atom is 0.410 e. The zero-order valence-corrected chi connectivity index (χ0v) is 11.0. The zero-order chi connectivity index (χ0) is 13.3. The molecule has 0 aliphatic carbocycles. The molecule has 2 rings (SSSR count). The molecule has 0 unspecified atom stereocenters. The van der Waals surface area contributed by atoms with Crippen molar-refractivity contribution < 1.29 is 14.6 Å². The number of carbonyl (C=O) groups excluding carboxylic acids is 1. The topological polar surface area (TPSA) is 49.4 Å². The van der Waals surface area contributed by atoms with Gasteiger partial charge in [-0.2, -0.15) is 0 Å². The molecule has 1 aromatic rings. The molecular weight excluding hydrogens is 230 g/mol. The summed E-state index contributed by atoms with van der Waals surface area (Å²) in [4.78, 5) is 13.6. The van der Waals surface area contributed by atoms with E-state index in [1.807, 2.05) is 20.8 Å². The first-order chi connectivity index (χ1) is 8.35. The van der Waals surface area contributed by atoms with Crippen molar-refractivity contribution in [1.29, 1.82) is 0 Å². The summed E-state index contributed by atoms with van der Waals surface area (Å²) in [6, 6.07) is 4.99. The molecule has 1 aliphatic rings. The Hall–Kier alpha value is -1.71. The van der Waals surface area contributed by atoms with Crippen molar-refractivity contribution in [1.82, 2.24) is 4.90 Å². The summed E-state index contributed by atoms with van der Waals surface area (Å²) in [6.45, 7) is 6.68. The van der Waals surface area contributed by atoms with Crippen LogP contribution in [0.3, 0.4) is 0 Å². The molecule has 1 radical (unpaired) electrons. The zero-order valence-electron chi connectivity index (χ0n) is 11.0. The highest BCUT2D eigenvalue weighted by Crippen LogP contribution is 2.24. The Morgan fingerprint density at radius 2 is 2.00 bits per heavy atom. The van der Waals surface area contributed by atoms with Crippen LogP contribution in [0.1, 0.15) is 31.9 Å². The lowest BCUT2D eigenvalue weighted by Gasteiger charge is -2.31. The molecule has 0 N–H and O–H groups in total. The summed E-state index contributed by atoms with van der Waals surface area (Å²) in [5.74, 6) is 0.0273. The van der Waals surface area contributed by atoms with Crippen molar-refractivity contribution in [2.75, 3.05) is 6.54 Å². The fourth-order valence-corrected chi connectivity index (χ4v) is 2.01. The largest absolute Gasteiger partial charge is 0.444 e. The number of rotatable bonds is 0. The molecule has 0 aromatic heterocycles. The number of fused-ring (bicyclic) bond motifs is 1. The number of benzene rings is 1. The molecule has 97 valence electrons. The highest BCUT2D eigenvalue weighted by molar-refractivity contribution is 5.68. The third-order valence-corrected chi connectivity index (χ3v) is 2.84. The third-order valence-electron chi connectivity index (χ3n) is 2.84. The van der Waals surface area contributed by atoms with Gasteiger partial charge in [0.15, 0.2) is 5.75 Å². The molecule has 0 spiro atoms. The number of hydrogen-bond acceptors (Lipinski definition) is 2. The van der Waals surface area contributed by atoms with Gasteiger partial charge in [0.05, 0.1) is 0 Å². The Morgan fingerprint density at radius 1 is 1.28 bits per heavy atom. The van der Waals surface area contributed by atoms with E-state index in [0.717, 1.165) is 11.1 Å². The number of nitrogens with zero attached hydrogens (tertiary/aromatic N) is 1. The lowest BCUT2D eigenvalue weighted by atomic mass is 10.00. The molecule has 4 heteroatoms. The maximum absolute atomic E-state index is 11.9. The van der Waals surface area contributed by atoms with Crippen molar-refractivity contribution in [3.63, 3.8) is 0 Å². The van der Waals surface area contributed by atoms with Gasteiger partial charge in [-0.15, -0.1) is 0 Å². The van der Waals surface area contributed by atoms with Crippen molar-refractivity contribution >= 4 is 6.09 Å². The van der Waals surface area contributed by atoms with Crippen LogP contribution in [0.5, 0.6) is 5.75 Å². The van der Waals surface area contributed by atoms with Gasteiger partial charge in [-0.25, -0.2) is 4.79 Å². The third kappa shape index (κ3) is 2.94. The molecule has 1 amide bonds. The second-order valence-corrected chi connectivity index (χ2v) is 5.58. The molecule has 0 saturated carbocycles. The van der Waals surface area contributed by atoms with Crippen LogP contribution in [0, 0.1) is 0 Å². The number of carbonyl (C=O) groups is 1. The lowest BCUT2D eigenvalue weighted by molar-refractivity contribution is 0.0224. The van der Waals surface area contributed by atoms with Crippen LogP contribution in [0.2, 0.25) is 0 Å². The standard InChI is InChI=1S/C14H18NO3/c1-14(2,3)18-13(17)15-7-6-10-8-12(16)5-4-11(10)9-15/h4-5,8H,6-7,9H2,1-3H3. The Bertz CT molecular complexity index is 463. The Morgan fingerprint density at radius 3 is 2.67 bits per heavy atom. The van der Waals surface area contributed by atoms with Crippen LogP contribution < -0.4 is 0 Å². The minimum Gasteiger partial charge on any atom is -0.444 e. The molecule has 1 heterocycles. The Labute approximate surface area is 107 Å². The van der Waals surface area contributed by atoms with Crippen LogP contribution in [-0.4, -0.2) is 23.1 Å². The smallest absolute Gasteiger partial charge is 0.410 e. The van der Waals surface area contributed by atoms with Gasteiger partial charge in [0.1, 0.15) is 5.60 Å². The van der Waals surface area contributed by atoms with Gasteiger partial charge < -0.3 is 9.64 Å². The van der Waals surface area contributed by atoms with E-state index in [1.54, 1.807) is 17.0 Å². The number of amides is 1. The van der Waals surface area contributed by atoms with Crippen LogP contribution in [0.4, 0.5) is 4.79 Å². The molecule has 0 bridgehead atoms. The van der Waals surface area contributed by atoms with E-state index in [9.17, 15) is 9.90 Å². The fourth-order valence-electron chi connectivity index (χ4n) is 2.01.